The van der Waals surface area contributed by atoms with Gasteiger partial charge in [0.1, 0.15) is 0 Å². The van der Waals surface area contributed by atoms with Gasteiger partial charge < -0.3 is 15.1 Å². The number of urea groups is 1. The number of nitrogens with one attached hydrogen (secondary N) is 1. The summed E-state index contributed by atoms with van der Waals surface area (Å²) < 4.78 is 0. The van der Waals surface area contributed by atoms with E-state index in [1.807, 2.05) is 58.3 Å². The van der Waals surface area contributed by atoms with Gasteiger partial charge in [-0.05, 0) is 77.3 Å². The van der Waals surface area contributed by atoms with Gasteiger partial charge in [0, 0.05) is 62.1 Å². The fraction of sp³-hybridized carbons (Fsp3) is 0.412. The highest BCUT2D eigenvalue weighted by Crippen LogP contribution is 2.59. The highest BCUT2D eigenvalue weighted by atomic mass is 35.5. The van der Waals surface area contributed by atoms with Crippen molar-refractivity contribution in [3.05, 3.63) is 89.0 Å². The number of hydrogen-bond donors (Lipinski definition) is 1. The molecule has 1 N–H and O–H groups in total. The number of benzene rings is 3. The van der Waals surface area contributed by atoms with Gasteiger partial charge in [0.25, 0.3) is 5.91 Å². The second-order valence-corrected chi connectivity index (χ2v) is 12.8. The molecular weight excluding hydrogens is 532 g/mol. The Bertz CT molecular complexity index is 1460. The van der Waals surface area contributed by atoms with Crippen molar-refractivity contribution in [2.75, 3.05) is 51.1 Å². The van der Waals surface area contributed by atoms with E-state index in [-0.39, 0.29) is 11.9 Å². The Labute approximate surface area is 247 Å². The number of rotatable bonds is 7. The molecule has 1 heterocycles. The molecule has 2 fully saturated rings. The predicted octanol–water partition coefficient (Wildman–Crippen LogP) is 6.78. The molecule has 1 saturated carbocycles. The average Bonchev–Trinajstić information content (AvgIpc) is 3.00. The molecule has 0 spiro atoms. The lowest BCUT2D eigenvalue weighted by Gasteiger charge is -2.57. The molecule has 7 rings (SSSR count). The second-order valence-electron chi connectivity index (χ2n) is 12.4. The molecular formula is C34H39ClN4O2. The van der Waals surface area contributed by atoms with Crippen LogP contribution in [0.3, 0.4) is 0 Å². The number of amides is 3. The number of fused-ring (bicyclic) bond motifs is 2. The van der Waals surface area contributed by atoms with Gasteiger partial charge in [-0.25, -0.2) is 4.79 Å². The molecule has 1 saturated heterocycles. The maximum atomic E-state index is 13.5. The highest BCUT2D eigenvalue weighted by Gasteiger charge is 2.51. The quantitative estimate of drug-likeness (QED) is 0.319. The van der Waals surface area contributed by atoms with Crippen LogP contribution in [0.1, 0.15) is 37.0 Å². The van der Waals surface area contributed by atoms with E-state index in [1.165, 1.54) is 12.0 Å². The molecule has 41 heavy (non-hydrogen) atoms. The summed E-state index contributed by atoms with van der Waals surface area (Å²) in [6.07, 6.45) is 4.72. The molecule has 3 aliphatic carbocycles. The van der Waals surface area contributed by atoms with Crippen molar-refractivity contribution in [1.82, 2.24) is 14.7 Å². The average molecular weight is 571 g/mol. The van der Waals surface area contributed by atoms with E-state index < -0.39 is 0 Å². The van der Waals surface area contributed by atoms with Crippen LogP contribution < -0.4 is 5.32 Å². The Balaban J connectivity index is 1.07. The fourth-order valence-corrected chi connectivity index (χ4v) is 6.93. The molecule has 2 unspecified atom stereocenters. The van der Waals surface area contributed by atoms with E-state index in [0.29, 0.717) is 42.5 Å². The molecule has 6 nitrogen and oxygen atoms in total. The normalized spacial score (nSPS) is 21.6. The third kappa shape index (κ3) is 5.86. The van der Waals surface area contributed by atoms with Crippen molar-refractivity contribution in [3.8, 4) is 0 Å². The van der Waals surface area contributed by atoms with Crippen LogP contribution in [-0.4, -0.2) is 72.5 Å². The number of nitrogens with zero attached hydrogens (tertiary/aromatic N) is 3. The van der Waals surface area contributed by atoms with Gasteiger partial charge in [0.15, 0.2) is 0 Å². The Morgan fingerprint density at radius 3 is 2.41 bits per heavy atom. The van der Waals surface area contributed by atoms with Crippen LogP contribution in [0.15, 0.2) is 78.4 Å². The van der Waals surface area contributed by atoms with Crippen molar-refractivity contribution in [2.45, 2.75) is 26.7 Å². The highest BCUT2D eigenvalue weighted by molar-refractivity contribution is 6.30. The standard InChI is InChI=1S/C34H39ClN4O2/c1-34(2)28-10-9-27(31(34)22-28)23-39(33(41)36-30-13-11-29(35)12-14-30)20-17-37-15-18-38(19-16-37)32(40)26-8-7-24-5-3-4-6-25(24)21-26/h3-9,11-14,21,28,31H,10,15-20,22-23H2,1-2H3,(H,36,41). The molecule has 214 valence electrons. The van der Waals surface area contributed by atoms with Gasteiger partial charge in [0.2, 0.25) is 0 Å². The predicted molar refractivity (Wildman–Crippen MR) is 166 cm³/mol. The van der Waals surface area contributed by atoms with E-state index in [0.717, 1.165) is 54.0 Å². The summed E-state index contributed by atoms with van der Waals surface area (Å²) in [7, 11) is 0. The number of carbonyl (C=O) groups is 2. The van der Waals surface area contributed by atoms with Crippen LogP contribution in [0, 0.1) is 17.3 Å². The molecule has 2 bridgehead atoms. The third-order valence-electron chi connectivity index (χ3n) is 9.68. The lowest BCUT2D eigenvalue weighted by Crippen LogP contribution is -2.52. The molecule has 3 aromatic carbocycles. The first kappa shape index (κ1) is 27.8. The first-order chi connectivity index (χ1) is 19.8. The summed E-state index contributed by atoms with van der Waals surface area (Å²) in [5.41, 5.74) is 3.20. The topological polar surface area (TPSA) is 55.9 Å². The first-order valence-corrected chi connectivity index (χ1v) is 15.2. The summed E-state index contributed by atoms with van der Waals surface area (Å²) in [6, 6.07) is 21.3. The van der Waals surface area contributed by atoms with Gasteiger partial charge in [-0.2, -0.15) is 0 Å². The molecule has 7 heteroatoms. The van der Waals surface area contributed by atoms with Crippen LogP contribution >= 0.6 is 11.6 Å². The zero-order chi connectivity index (χ0) is 28.6. The molecule has 0 aromatic heterocycles. The second kappa shape index (κ2) is 11.5. The minimum Gasteiger partial charge on any atom is -0.336 e. The minimum absolute atomic E-state index is 0.0856. The number of hydrogen-bond acceptors (Lipinski definition) is 3. The van der Waals surface area contributed by atoms with E-state index in [2.05, 4.69) is 36.2 Å². The molecule has 0 radical (unpaired) electrons. The van der Waals surface area contributed by atoms with E-state index >= 15 is 0 Å². The van der Waals surface area contributed by atoms with Crippen LogP contribution in [0.4, 0.5) is 10.5 Å². The summed E-state index contributed by atoms with van der Waals surface area (Å²) in [5, 5.41) is 5.95. The Morgan fingerprint density at radius 1 is 0.976 bits per heavy atom. The van der Waals surface area contributed by atoms with Crippen molar-refractivity contribution >= 4 is 40.0 Å². The van der Waals surface area contributed by atoms with Gasteiger partial charge in [-0.3, -0.25) is 9.69 Å². The summed E-state index contributed by atoms with van der Waals surface area (Å²) in [4.78, 5) is 33.0. The van der Waals surface area contributed by atoms with Crippen LogP contribution in [0.2, 0.25) is 5.02 Å². The van der Waals surface area contributed by atoms with Crippen LogP contribution in [-0.2, 0) is 0 Å². The Hall–Kier alpha value is -3.35. The lowest BCUT2D eigenvalue weighted by atomic mass is 9.49. The number of allylic oxidation sites excluding steroid dienone is 1. The molecule has 1 aliphatic heterocycles. The van der Waals surface area contributed by atoms with E-state index in [4.69, 9.17) is 11.6 Å². The Morgan fingerprint density at radius 2 is 1.71 bits per heavy atom. The van der Waals surface area contributed by atoms with Crippen molar-refractivity contribution in [3.63, 3.8) is 0 Å². The Kier molecular flexibility index (Phi) is 7.80. The first-order valence-electron chi connectivity index (χ1n) is 14.8. The summed E-state index contributed by atoms with van der Waals surface area (Å²) >= 11 is 6.05. The largest absolute Gasteiger partial charge is 0.336 e. The van der Waals surface area contributed by atoms with Gasteiger partial charge in [0.05, 0.1) is 0 Å². The third-order valence-corrected chi connectivity index (χ3v) is 9.93. The van der Waals surface area contributed by atoms with Crippen molar-refractivity contribution in [1.29, 1.82) is 0 Å². The number of anilines is 1. The molecule has 4 aliphatic rings. The SMILES string of the molecule is CC1(C)C2CC=C(CN(CCN3CCN(C(=O)c4ccc5ccccc5c4)CC3)C(=O)Nc3ccc(Cl)cc3)C1C2. The zero-order valence-corrected chi connectivity index (χ0v) is 24.7. The van der Waals surface area contributed by atoms with Crippen LogP contribution in [0.5, 0.6) is 0 Å². The maximum absolute atomic E-state index is 13.5. The number of halogens is 1. The lowest BCUT2D eigenvalue weighted by molar-refractivity contribution is -0.00970. The van der Waals surface area contributed by atoms with Crippen molar-refractivity contribution in [2.24, 2.45) is 17.3 Å². The fourth-order valence-electron chi connectivity index (χ4n) is 6.81. The minimum atomic E-state index is -0.0856. The van der Waals surface area contributed by atoms with Gasteiger partial charge >= 0.3 is 6.03 Å². The van der Waals surface area contributed by atoms with Gasteiger partial charge in [-0.15, -0.1) is 0 Å². The summed E-state index contributed by atoms with van der Waals surface area (Å²) in [6.45, 7) is 9.77. The maximum Gasteiger partial charge on any atom is 0.322 e. The van der Waals surface area contributed by atoms with Crippen molar-refractivity contribution < 1.29 is 9.59 Å². The van der Waals surface area contributed by atoms with E-state index in [9.17, 15) is 9.59 Å². The zero-order valence-electron chi connectivity index (χ0n) is 24.0. The number of carbonyl (C=O) groups excluding carboxylic acids is 2. The smallest absolute Gasteiger partial charge is 0.322 e. The molecule has 2 atom stereocenters. The molecule has 3 aromatic rings. The van der Waals surface area contributed by atoms with Crippen LogP contribution in [0.25, 0.3) is 10.8 Å². The van der Waals surface area contributed by atoms with E-state index in [1.54, 1.807) is 12.1 Å². The monoisotopic (exact) mass is 570 g/mol. The number of piperazine rings is 1. The van der Waals surface area contributed by atoms with Gasteiger partial charge in [-0.1, -0.05) is 67.4 Å². The summed E-state index contributed by atoms with van der Waals surface area (Å²) in [5.74, 6) is 1.41. The molecule has 3 amide bonds.